The molecule has 1 aliphatic rings. The maximum absolute atomic E-state index is 13.1. The topological polar surface area (TPSA) is 92.3 Å². The molecule has 1 atom stereocenters. The Morgan fingerprint density at radius 1 is 1.19 bits per heavy atom. The first-order valence-electron chi connectivity index (χ1n) is 9.91. The summed E-state index contributed by atoms with van der Waals surface area (Å²) in [5, 5.41) is 10.8. The fraction of sp³-hybridized carbons (Fsp3) is 0.286. The van der Waals surface area contributed by atoms with Gasteiger partial charge in [-0.1, -0.05) is 47.7 Å². The number of piperidine rings is 1. The lowest BCUT2D eigenvalue weighted by molar-refractivity contribution is 0.102. The molecule has 1 fully saturated rings. The number of anilines is 1. The van der Waals surface area contributed by atoms with Gasteiger partial charge in [0.25, 0.3) is 5.91 Å². The largest absolute Gasteiger partial charge is 0.321 e. The number of carbonyl (C=O) groups is 1. The monoisotopic (exact) mass is 474 g/mol. The summed E-state index contributed by atoms with van der Waals surface area (Å²) in [6.45, 7) is 2.44. The second-order valence-electron chi connectivity index (χ2n) is 7.25. The number of benzene rings is 2. The van der Waals surface area contributed by atoms with Gasteiger partial charge in [0.1, 0.15) is 5.51 Å². The van der Waals surface area contributed by atoms with E-state index in [1.807, 2.05) is 25.1 Å². The molecule has 1 amide bonds. The Bertz CT molecular complexity index is 1170. The van der Waals surface area contributed by atoms with Crippen LogP contribution in [-0.4, -0.2) is 41.4 Å². The van der Waals surface area contributed by atoms with E-state index in [2.05, 4.69) is 15.5 Å². The first-order valence-corrected chi connectivity index (χ1v) is 13.0. The van der Waals surface area contributed by atoms with Crippen molar-refractivity contribution in [2.45, 2.75) is 46.4 Å². The molecule has 1 aliphatic heterocycles. The Morgan fingerprint density at radius 2 is 2.03 bits per heavy atom. The number of carbonyl (C=O) groups excluding carboxylic acids is 1. The van der Waals surface area contributed by atoms with E-state index >= 15 is 0 Å². The lowest BCUT2D eigenvalue weighted by atomic mass is 10.1. The molecule has 4 rings (SSSR count). The van der Waals surface area contributed by atoms with Gasteiger partial charge in [-0.2, -0.15) is 4.31 Å². The van der Waals surface area contributed by atoms with Crippen LogP contribution in [0.25, 0.3) is 0 Å². The van der Waals surface area contributed by atoms with Crippen LogP contribution in [0.5, 0.6) is 0 Å². The predicted octanol–water partition coefficient (Wildman–Crippen LogP) is 4.50. The molecule has 162 valence electrons. The van der Waals surface area contributed by atoms with Crippen LogP contribution in [0, 0.1) is 0 Å². The summed E-state index contributed by atoms with van der Waals surface area (Å²) in [7, 11) is -3.65. The molecule has 0 radical (unpaired) electrons. The van der Waals surface area contributed by atoms with E-state index in [1.165, 1.54) is 29.2 Å². The molecule has 0 bridgehead atoms. The van der Waals surface area contributed by atoms with Crippen molar-refractivity contribution in [2.75, 3.05) is 11.9 Å². The SMILES string of the molecule is CC1CCCCN1S(=O)(=O)c1cccc(C(=O)Nc2ccccc2Sc2nncs2)c1. The van der Waals surface area contributed by atoms with Crippen LogP contribution in [-0.2, 0) is 10.0 Å². The number of nitrogens with one attached hydrogen (secondary N) is 1. The highest BCUT2D eigenvalue weighted by atomic mass is 32.2. The van der Waals surface area contributed by atoms with Crippen molar-refractivity contribution >= 4 is 44.7 Å². The van der Waals surface area contributed by atoms with E-state index < -0.39 is 10.0 Å². The highest BCUT2D eigenvalue weighted by Gasteiger charge is 2.31. The normalized spacial score (nSPS) is 17.4. The molecule has 31 heavy (non-hydrogen) atoms. The summed E-state index contributed by atoms with van der Waals surface area (Å²) in [4.78, 5) is 13.9. The van der Waals surface area contributed by atoms with E-state index in [4.69, 9.17) is 0 Å². The second-order valence-corrected chi connectivity index (χ2v) is 11.3. The van der Waals surface area contributed by atoms with E-state index in [9.17, 15) is 13.2 Å². The van der Waals surface area contributed by atoms with Crippen molar-refractivity contribution in [3.63, 3.8) is 0 Å². The summed E-state index contributed by atoms with van der Waals surface area (Å²) in [5.41, 5.74) is 2.57. The third kappa shape index (κ3) is 4.98. The molecule has 0 aliphatic carbocycles. The molecule has 1 saturated heterocycles. The lowest BCUT2D eigenvalue weighted by Gasteiger charge is -2.32. The van der Waals surface area contributed by atoms with Crippen molar-refractivity contribution in [3.8, 4) is 0 Å². The summed E-state index contributed by atoms with van der Waals surface area (Å²) < 4.78 is 28.6. The lowest BCUT2D eigenvalue weighted by Crippen LogP contribution is -2.41. The minimum atomic E-state index is -3.65. The Hall–Kier alpha value is -2.27. The minimum Gasteiger partial charge on any atom is -0.321 e. The van der Waals surface area contributed by atoms with Gasteiger partial charge >= 0.3 is 0 Å². The Balaban J connectivity index is 1.56. The van der Waals surface area contributed by atoms with E-state index in [0.29, 0.717) is 17.8 Å². The number of nitrogens with zero attached hydrogens (tertiary/aromatic N) is 3. The molecule has 0 spiro atoms. The van der Waals surface area contributed by atoms with Gasteiger partial charge in [0.2, 0.25) is 10.0 Å². The van der Waals surface area contributed by atoms with Crippen molar-refractivity contribution in [1.29, 1.82) is 0 Å². The number of para-hydroxylation sites is 1. The molecule has 1 unspecified atom stereocenters. The molecular weight excluding hydrogens is 452 g/mol. The van der Waals surface area contributed by atoms with Gasteiger partial charge in [0.15, 0.2) is 4.34 Å². The van der Waals surface area contributed by atoms with Gasteiger partial charge < -0.3 is 5.32 Å². The van der Waals surface area contributed by atoms with Gasteiger partial charge in [-0.15, -0.1) is 10.2 Å². The highest BCUT2D eigenvalue weighted by Crippen LogP contribution is 2.34. The number of sulfonamides is 1. The Kier molecular flexibility index (Phi) is 6.71. The number of hydrogen-bond donors (Lipinski definition) is 1. The van der Waals surface area contributed by atoms with Crippen molar-refractivity contribution in [3.05, 3.63) is 59.6 Å². The van der Waals surface area contributed by atoms with E-state index in [1.54, 1.807) is 34.1 Å². The maximum atomic E-state index is 13.1. The minimum absolute atomic E-state index is 0.0412. The zero-order chi connectivity index (χ0) is 21.8. The quantitative estimate of drug-likeness (QED) is 0.565. The number of hydrogen-bond acceptors (Lipinski definition) is 7. The standard InChI is InChI=1S/C21H22N4O3S3/c1-15-7-4-5-12-25(15)31(27,28)17-9-6-8-16(13-17)20(26)23-18-10-2-3-11-19(18)30-21-24-22-14-29-21/h2-3,6,8-11,13-15H,4-5,7,12H2,1H3,(H,23,26). The molecular formula is C21H22N4O3S3. The number of rotatable bonds is 6. The summed E-state index contributed by atoms with van der Waals surface area (Å²) in [6, 6.07) is 13.6. The van der Waals surface area contributed by atoms with Crippen LogP contribution in [0.1, 0.15) is 36.5 Å². The van der Waals surface area contributed by atoms with Gasteiger partial charge in [-0.3, -0.25) is 4.79 Å². The third-order valence-electron chi connectivity index (χ3n) is 5.12. The Labute approximate surface area is 189 Å². The zero-order valence-electron chi connectivity index (χ0n) is 16.9. The van der Waals surface area contributed by atoms with Crippen LogP contribution >= 0.6 is 23.1 Å². The fourth-order valence-corrected chi connectivity index (χ4v) is 6.78. The molecule has 7 nitrogen and oxygen atoms in total. The zero-order valence-corrected chi connectivity index (χ0v) is 19.3. The van der Waals surface area contributed by atoms with Gasteiger partial charge in [-0.25, -0.2) is 8.42 Å². The van der Waals surface area contributed by atoms with Crippen LogP contribution in [0.15, 0.2) is 68.2 Å². The average Bonchev–Trinajstić information content (AvgIpc) is 3.28. The highest BCUT2D eigenvalue weighted by molar-refractivity contribution is 8.01. The smallest absolute Gasteiger partial charge is 0.255 e. The van der Waals surface area contributed by atoms with Crippen LogP contribution in [0.4, 0.5) is 5.69 Å². The van der Waals surface area contributed by atoms with Crippen LogP contribution in [0.2, 0.25) is 0 Å². The van der Waals surface area contributed by atoms with Crippen molar-refractivity contribution < 1.29 is 13.2 Å². The second kappa shape index (κ2) is 9.47. The van der Waals surface area contributed by atoms with E-state index in [-0.39, 0.29) is 16.8 Å². The summed E-state index contributed by atoms with van der Waals surface area (Å²) in [5.74, 6) is -0.367. The first kappa shape index (κ1) is 21.9. The molecule has 2 heterocycles. The molecule has 1 N–H and O–H groups in total. The molecule has 0 saturated carbocycles. The predicted molar refractivity (Wildman–Crippen MR) is 122 cm³/mol. The van der Waals surface area contributed by atoms with E-state index in [0.717, 1.165) is 28.5 Å². The third-order valence-corrected chi connectivity index (χ3v) is 8.98. The van der Waals surface area contributed by atoms with Gasteiger partial charge in [0.05, 0.1) is 10.6 Å². The number of aromatic nitrogens is 2. The maximum Gasteiger partial charge on any atom is 0.255 e. The molecule has 10 heteroatoms. The molecule has 2 aromatic carbocycles. The van der Waals surface area contributed by atoms with Gasteiger partial charge in [0, 0.05) is 23.0 Å². The Morgan fingerprint density at radius 3 is 2.81 bits per heavy atom. The van der Waals surface area contributed by atoms with Crippen molar-refractivity contribution in [1.82, 2.24) is 14.5 Å². The fourth-order valence-electron chi connectivity index (χ4n) is 3.52. The molecule has 1 aromatic heterocycles. The summed E-state index contributed by atoms with van der Waals surface area (Å²) in [6.07, 6.45) is 2.74. The molecule has 3 aromatic rings. The summed E-state index contributed by atoms with van der Waals surface area (Å²) >= 11 is 2.83. The van der Waals surface area contributed by atoms with Gasteiger partial charge in [-0.05, 0) is 50.1 Å². The average molecular weight is 475 g/mol. The first-order chi connectivity index (χ1) is 14.9. The van der Waals surface area contributed by atoms with Crippen molar-refractivity contribution in [2.24, 2.45) is 0 Å². The van der Waals surface area contributed by atoms with Crippen LogP contribution in [0.3, 0.4) is 0 Å². The van der Waals surface area contributed by atoms with Crippen LogP contribution < -0.4 is 5.32 Å². The number of amides is 1.